The van der Waals surface area contributed by atoms with Gasteiger partial charge in [0.05, 0.1) is 27.7 Å². The number of likely N-dealkylation sites (N-methyl/N-ethyl adjacent to an activating group) is 1. The molecule has 33 heavy (non-hydrogen) atoms. The Labute approximate surface area is 211 Å². The SMILES string of the molecule is CCCCCCCCCCCCCCCCSCCCCCOP(=O)(O)OCC[N+](C)(C)C. The molecule has 0 spiro atoms. The summed E-state index contributed by atoms with van der Waals surface area (Å²) < 4.78 is 22.6. The van der Waals surface area contributed by atoms with E-state index in [1.807, 2.05) is 32.9 Å². The predicted octanol–water partition coefficient (Wildman–Crippen LogP) is 8.21. The molecule has 7 heteroatoms. The van der Waals surface area contributed by atoms with Crippen molar-refractivity contribution in [3.8, 4) is 0 Å². The summed E-state index contributed by atoms with van der Waals surface area (Å²) in [5.74, 6) is 2.44. The van der Waals surface area contributed by atoms with Crippen molar-refractivity contribution in [1.29, 1.82) is 0 Å². The van der Waals surface area contributed by atoms with Crippen LogP contribution in [0.2, 0.25) is 0 Å². The Balaban J connectivity index is 3.23. The normalized spacial score (nSPS) is 14.0. The van der Waals surface area contributed by atoms with Gasteiger partial charge in [0.1, 0.15) is 13.2 Å². The molecule has 0 aliphatic rings. The number of rotatable bonds is 26. The summed E-state index contributed by atoms with van der Waals surface area (Å²) in [6.07, 6.45) is 22.8. The average Bonchev–Trinajstić information content (AvgIpc) is 2.73. The standard InChI is InChI=1S/C26H56NO4PS/c1-5-6-7-8-9-10-11-12-13-14-15-16-17-20-25-33-26-21-18-19-23-30-32(28,29)31-24-22-27(2,3)4/h5-26H2,1-4H3/p+1. The molecular formula is C26H57NO4PS+. The molecule has 0 aromatic rings. The third-order valence-electron chi connectivity index (χ3n) is 5.85. The highest BCUT2D eigenvalue weighted by Crippen LogP contribution is 2.43. The van der Waals surface area contributed by atoms with Crippen molar-refractivity contribution in [1.82, 2.24) is 0 Å². The molecule has 5 nitrogen and oxygen atoms in total. The van der Waals surface area contributed by atoms with E-state index in [0.29, 0.717) is 17.6 Å². The lowest BCUT2D eigenvalue weighted by atomic mass is 10.0. The largest absolute Gasteiger partial charge is 0.472 e. The summed E-state index contributed by atoms with van der Waals surface area (Å²) in [5.41, 5.74) is 0. The average molecular weight is 511 g/mol. The summed E-state index contributed by atoms with van der Waals surface area (Å²) in [6.45, 7) is 3.48. The number of phosphoric acid groups is 1. The zero-order valence-corrected chi connectivity index (χ0v) is 24.2. The fourth-order valence-electron chi connectivity index (χ4n) is 3.63. The topological polar surface area (TPSA) is 55.8 Å². The van der Waals surface area contributed by atoms with Crippen molar-refractivity contribution >= 4 is 19.6 Å². The summed E-state index contributed by atoms with van der Waals surface area (Å²) >= 11 is 2.04. The van der Waals surface area contributed by atoms with Gasteiger partial charge in [-0.15, -0.1) is 0 Å². The number of thioether (sulfide) groups is 1. The summed E-state index contributed by atoms with van der Waals surface area (Å²) in [5, 5.41) is 0. The van der Waals surface area contributed by atoms with Crippen LogP contribution in [0.3, 0.4) is 0 Å². The van der Waals surface area contributed by atoms with Gasteiger partial charge >= 0.3 is 7.82 Å². The third-order valence-corrected chi connectivity index (χ3v) is 8.02. The highest BCUT2D eigenvalue weighted by atomic mass is 32.2. The summed E-state index contributed by atoms with van der Waals surface area (Å²) in [4.78, 5) is 9.67. The lowest BCUT2D eigenvalue weighted by molar-refractivity contribution is -0.870. The molecular weight excluding hydrogens is 453 g/mol. The van der Waals surface area contributed by atoms with E-state index in [-0.39, 0.29) is 6.61 Å². The lowest BCUT2D eigenvalue weighted by Gasteiger charge is -2.24. The maximum atomic E-state index is 11.8. The number of hydrogen-bond acceptors (Lipinski definition) is 4. The van der Waals surface area contributed by atoms with Gasteiger partial charge in [0, 0.05) is 0 Å². The van der Waals surface area contributed by atoms with Gasteiger partial charge in [0.15, 0.2) is 0 Å². The number of quaternary nitrogens is 1. The van der Waals surface area contributed by atoms with Gasteiger partial charge in [-0.2, -0.15) is 11.8 Å². The Morgan fingerprint density at radius 1 is 0.636 bits per heavy atom. The Morgan fingerprint density at radius 2 is 1.03 bits per heavy atom. The summed E-state index contributed by atoms with van der Waals surface area (Å²) in [7, 11) is 2.16. The van der Waals surface area contributed by atoms with E-state index in [9.17, 15) is 9.46 Å². The van der Waals surface area contributed by atoms with Gasteiger partial charge in [0.25, 0.3) is 0 Å². The number of unbranched alkanes of at least 4 members (excludes halogenated alkanes) is 15. The van der Waals surface area contributed by atoms with Crippen LogP contribution < -0.4 is 0 Å². The molecule has 0 aliphatic heterocycles. The van der Waals surface area contributed by atoms with Crippen LogP contribution in [-0.4, -0.2) is 61.8 Å². The van der Waals surface area contributed by atoms with Crippen molar-refractivity contribution in [2.24, 2.45) is 0 Å². The van der Waals surface area contributed by atoms with Gasteiger partial charge in [-0.25, -0.2) is 4.57 Å². The first kappa shape index (κ1) is 33.4. The van der Waals surface area contributed by atoms with Crippen LogP contribution >= 0.6 is 19.6 Å². The molecule has 1 N–H and O–H groups in total. The fraction of sp³-hybridized carbons (Fsp3) is 1.00. The van der Waals surface area contributed by atoms with E-state index in [4.69, 9.17) is 9.05 Å². The van der Waals surface area contributed by atoms with Gasteiger partial charge in [-0.3, -0.25) is 9.05 Å². The number of hydrogen-bond donors (Lipinski definition) is 1. The molecule has 0 aliphatic carbocycles. The predicted molar refractivity (Wildman–Crippen MR) is 146 cm³/mol. The van der Waals surface area contributed by atoms with Crippen LogP contribution in [0.5, 0.6) is 0 Å². The molecule has 1 unspecified atom stereocenters. The van der Waals surface area contributed by atoms with Crippen molar-refractivity contribution < 1.29 is 23.0 Å². The van der Waals surface area contributed by atoms with Crippen molar-refractivity contribution in [2.75, 3.05) is 52.4 Å². The summed E-state index contributed by atoms with van der Waals surface area (Å²) in [6, 6.07) is 0. The van der Waals surface area contributed by atoms with E-state index >= 15 is 0 Å². The Bertz CT molecular complexity index is 460. The van der Waals surface area contributed by atoms with Crippen molar-refractivity contribution in [3.05, 3.63) is 0 Å². The van der Waals surface area contributed by atoms with Gasteiger partial charge in [-0.05, 0) is 30.8 Å². The molecule has 0 amide bonds. The minimum atomic E-state index is -3.89. The number of nitrogens with zero attached hydrogens (tertiary/aromatic N) is 1. The maximum Gasteiger partial charge on any atom is 0.472 e. The Morgan fingerprint density at radius 3 is 1.48 bits per heavy atom. The zero-order chi connectivity index (χ0) is 24.7. The van der Waals surface area contributed by atoms with Crippen LogP contribution in [-0.2, 0) is 13.6 Å². The van der Waals surface area contributed by atoms with Crippen molar-refractivity contribution in [2.45, 2.75) is 116 Å². The fourth-order valence-corrected chi connectivity index (χ4v) is 5.40. The monoisotopic (exact) mass is 510 g/mol. The first-order valence-corrected chi connectivity index (χ1v) is 16.4. The van der Waals surface area contributed by atoms with Gasteiger partial charge in [0.2, 0.25) is 0 Å². The molecule has 0 bridgehead atoms. The van der Waals surface area contributed by atoms with E-state index in [2.05, 4.69) is 6.92 Å². The molecule has 0 saturated carbocycles. The van der Waals surface area contributed by atoms with Crippen LogP contribution in [0.15, 0.2) is 0 Å². The second-order valence-electron chi connectivity index (χ2n) is 10.4. The van der Waals surface area contributed by atoms with Crippen LogP contribution in [0.25, 0.3) is 0 Å². The number of phosphoric ester groups is 1. The highest BCUT2D eigenvalue weighted by molar-refractivity contribution is 7.99. The highest BCUT2D eigenvalue weighted by Gasteiger charge is 2.21. The molecule has 0 radical (unpaired) electrons. The van der Waals surface area contributed by atoms with Crippen LogP contribution in [0.4, 0.5) is 0 Å². The Kier molecular flexibility index (Phi) is 23.1. The van der Waals surface area contributed by atoms with Crippen LogP contribution in [0, 0.1) is 0 Å². The smallest absolute Gasteiger partial charge is 0.329 e. The molecule has 0 aromatic heterocycles. The molecule has 1 atom stereocenters. The van der Waals surface area contributed by atoms with Crippen molar-refractivity contribution in [3.63, 3.8) is 0 Å². The first-order chi connectivity index (χ1) is 15.8. The zero-order valence-electron chi connectivity index (χ0n) is 22.5. The van der Waals surface area contributed by atoms with E-state index < -0.39 is 7.82 Å². The maximum absolute atomic E-state index is 11.8. The second kappa shape index (κ2) is 22.9. The van der Waals surface area contributed by atoms with E-state index in [1.165, 1.54) is 101 Å². The molecule has 0 aromatic carbocycles. The molecule has 200 valence electrons. The Hall–Kier alpha value is 0.420. The lowest BCUT2D eigenvalue weighted by Crippen LogP contribution is -2.37. The van der Waals surface area contributed by atoms with E-state index in [1.54, 1.807) is 0 Å². The molecule has 0 saturated heterocycles. The quantitative estimate of drug-likeness (QED) is 0.0722. The molecule has 0 rings (SSSR count). The van der Waals surface area contributed by atoms with E-state index in [0.717, 1.165) is 19.3 Å². The molecule has 0 fully saturated rings. The molecule has 0 heterocycles. The van der Waals surface area contributed by atoms with Crippen LogP contribution in [0.1, 0.15) is 116 Å². The first-order valence-electron chi connectivity index (χ1n) is 13.8. The second-order valence-corrected chi connectivity index (χ2v) is 13.1. The minimum absolute atomic E-state index is 0.229. The van der Waals surface area contributed by atoms with Gasteiger partial charge < -0.3 is 9.38 Å². The third kappa shape index (κ3) is 28.5. The minimum Gasteiger partial charge on any atom is -0.329 e. The van der Waals surface area contributed by atoms with Gasteiger partial charge in [-0.1, -0.05) is 96.8 Å².